The van der Waals surface area contributed by atoms with Gasteiger partial charge in [-0.25, -0.2) is 0 Å². The average Bonchev–Trinajstić information content (AvgIpc) is 2.41. The normalized spacial score (nSPS) is 34.1. The van der Waals surface area contributed by atoms with E-state index in [1.54, 1.807) is 0 Å². The van der Waals surface area contributed by atoms with E-state index in [0.717, 1.165) is 38.8 Å². The number of ether oxygens (including phenoxy) is 1. The molecule has 1 saturated heterocycles. The lowest BCUT2D eigenvalue weighted by Crippen LogP contribution is -2.48. The van der Waals surface area contributed by atoms with Gasteiger partial charge in [-0.15, -0.1) is 12.4 Å². The Morgan fingerprint density at radius 2 is 2.30 bits per heavy atom. The van der Waals surface area contributed by atoms with Crippen LogP contribution >= 0.6 is 12.4 Å². The van der Waals surface area contributed by atoms with E-state index in [-0.39, 0.29) is 35.9 Å². The zero-order valence-corrected chi connectivity index (χ0v) is 13.0. The van der Waals surface area contributed by atoms with Gasteiger partial charge in [0.15, 0.2) is 0 Å². The summed E-state index contributed by atoms with van der Waals surface area (Å²) >= 11 is 0. The summed E-state index contributed by atoms with van der Waals surface area (Å²) < 4.78 is 5.33. The molecule has 0 aromatic rings. The standard InChI is InChI=1S/C14H26N2O3.ClH/c1-14(5-3-2-4-12(14)17)10-16-13(18)8-11-9-19-7-6-15-11;/h11-12,15,17H,2-10H2,1H3,(H,16,18);1H. The molecule has 3 N–H and O–H groups in total. The third kappa shape index (κ3) is 4.88. The smallest absolute Gasteiger partial charge is 0.221 e. The van der Waals surface area contributed by atoms with Crippen LogP contribution in [0.4, 0.5) is 0 Å². The van der Waals surface area contributed by atoms with Crippen molar-refractivity contribution in [3.63, 3.8) is 0 Å². The summed E-state index contributed by atoms with van der Waals surface area (Å²) in [4.78, 5) is 11.9. The first-order chi connectivity index (χ1) is 9.10. The fraction of sp³-hybridized carbons (Fsp3) is 0.929. The molecule has 1 heterocycles. The Hall–Kier alpha value is -0.360. The van der Waals surface area contributed by atoms with Crippen LogP contribution in [0.1, 0.15) is 39.0 Å². The molecule has 0 aromatic heterocycles. The molecule has 3 atom stereocenters. The topological polar surface area (TPSA) is 70.6 Å². The van der Waals surface area contributed by atoms with E-state index in [4.69, 9.17) is 4.74 Å². The minimum absolute atomic E-state index is 0. The highest BCUT2D eigenvalue weighted by Crippen LogP contribution is 2.35. The number of nitrogens with one attached hydrogen (secondary N) is 2. The summed E-state index contributed by atoms with van der Waals surface area (Å²) in [5.41, 5.74) is -0.162. The van der Waals surface area contributed by atoms with Gasteiger partial charge in [-0.1, -0.05) is 19.8 Å². The van der Waals surface area contributed by atoms with E-state index in [1.165, 1.54) is 0 Å². The predicted molar refractivity (Wildman–Crippen MR) is 80.1 cm³/mol. The van der Waals surface area contributed by atoms with Crippen molar-refractivity contribution in [3.8, 4) is 0 Å². The molecule has 5 nitrogen and oxygen atoms in total. The molecule has 1 amide bonds. The van der Waals surface area contributed by atoms with Gasteiger partial charge < -0.3 is 20.5 Å². The molecule has 2 rings (SSSR count). The van der Waals surface area contributed by atoms with E-state index in [0.29, 0.717) is 19.6 Å². The first-order valence-electron chi connectivity index (χ1n) is 7.36. The lowest BCUT2D eigenvalue weighted by atomic mass is 9.73. The Bertz CT molecular complexity index is 311. The van der Waals surface area contributed by atoms with Crippen molar-refractivity contribution >= 4 is 18.3 Å². The molecule has 20 heavy (non-hydrogen) atoms. The average molecular weight is 307 g/mol. The predicted octanol–water partition coefficient (Wildman–Crippen LogP) is 0.844. The number of rotatable bonds is 4. The SMILES string of the molecule is CC1(CNC(=O)CC2COCCN2)CCCCC1O.Cl. The summed E-state index contributed by atoms with van der Waals surface area (Å²) in [6.07, 6.45) is 4.23. The Morgan fingerprint density at radius 1 is 1.50 bits per heavy atom. The lowest BCUT2D eigenvalue weighted by Gasteiger charge is -2.38. The summed E-state index contributed by atoms with van der Waals surface area (Å²) in [5.74, 6) is 0.0435. The number of carbonyl (C=O) groups is 1. The number of carbonyl (C=O) groups excluding carboxylic acids is 1. The van der Waals surface area contributed by atoms with Gasteiger partial charge in [0.25, 0.3) is 0 Å². The van der Waals surface area contributed by atoms with Crippen molar-refractivity contribution in [1.29, 1.82) is 0 Å². The van der Waals surface area contributed by atoms with Gasteiger partial charge in [0.05, 0.1) is 19.3 Å². The fourth-order valence-corrected chi connectivity index (χ4v) is 2.94. The molecule has 2 aliphatic rings. The zero-order chi connectivity index (χ0) is 13.7. The number of amides is 1. The van der Waals surface area contributed by atoms with Crippen LogP contribution < -0.4 is 10.6 Å². The minimum atomic E-state index is -0.294. The Morgan fingerprint density at radius 3 is 2.95 bits per heavy atom. The molecule has 118 valence electrons. The van der Waals surface area contributed by atoms with E-state index in [9.17, 15) is 9.90 Å². The minimum Gasteiger partial charge on any atom is -0.392 e. The summed E-state index contributed by atoms with van der Waals surface area (Å²) in [7, 11) is 0. The van der Waals surface area contributed by atoms with Crippen LogP contribution in [0.15, 0.2) is 0 Å². The highest BCUT2D eigenvalue weighted by atomic mass is 35.5. The molecular weight excluding hydrogens is 280 g/mol. The van der Waals surface area contributed by atoms with Crippen LogP contribution in [-0.4, -0.2) is 49.5 Å². The molecule has 0 radical (unpaired) electrons. The maximum Gasteiger partial charge on any atom is 0.221 e. The van der Waals surface area contributed by atoms with Gasteiger partial charge >= 0.3 is 0 Å². The van der Waals surface area contributed by atoms with Crippen LogP contribution in [0, 0.1) is 5.41 Å². The quantitative estimate of drug-likeness (QED) is 0.720. The monoisotopic (exact) mass is 306 g/mol. The number of hydrogen-bond acceptors (Lipinski definition) is 4. The molecular formula is C14H27ClN2O3. The molecule has 1 saturated carbocycles. The first-order valence-corrected chi connectivity index (χ1v) is 7.36. The molecule has 1 aliphatic carbocycles. The third-order valence-corrected chi connectivity index (χ3v) is 4.40. The number of hydrogen-bond donors (Lipinski definition) is 3. The van der Waals surface area contributed by atoms with E-state index in [2.05, 4.69) is 17.6 Å². The second kappa shape index (κ2) is 8.17. The van der Waals surface area contributed by atoms with Crippen LogP contribution in [0.5, 0.6) is 0 Å². The highest BCUT2D eigenvalue weighted by Gasteiger charge is 2.35. The molecule has 0 bridgehead atoms. The number of aliphatic hydroxyl groups is 1. The van der Waals surface area contributed by atoms with Crippen LogP contribution in [0.2, 0.25) is 0 Å². The number of aliphatic hydroxyl groups excluding tert-OH is 1. The summed E-state index contributed by atoms with van der Waals surface area (Å²) in [6.45, 7) is 4.78. The lowest BCUT2D eigenvalue weighted by molar-refractivity contribution is -0.123. The van der Waals surface area contributed by atoms with Gasteiger partial charge in [-0.05, 0) is 12.8 Å². The summed E-state index contributed by atoms with van der Waals surface area (Å²) in [6, 6.07) is 0.123. The van der Waals surface area contributed by atoms with Crippen molar-refractivity contribution in [2.75, 3.05) is 26.3 Å². The third-order valence-electron chi connectivity index (χ3n) is 4.40. The van der Waals surface area contributed by atoms with Gasteiger partial charge in [0.1, 0.15) is 0 Å². The van der Waals surface area contributed by atoms with Gasteiger partial charge in [-0.3, -0.25) is 4.79 Å². The fourth-order valence-electron chi connectivity index (χ4n) is 2.94. The van der Waals surface area contributed by atoms with Gasteiger partial charge in [-0.2, -0.15) is 0 Å². The first kappa shape index (κ1) is 17.7. The van der Waals surface area contributed by atoms with E-state index < -0.39 is 0 Å². The van der Waals surface area contributed by atoms with Crippen molar-refractivity contribution < 1.29 is 14.6 Å². The van der Waals surface area contributed by atoms with Crippen molar-refractivity contribution in [1.82, 2.24) is 10.6 Å². The Balaban J connectivity index is 0.00000200. The molecule has 0 spiro atoms. The zero-order valence-electron chi connectivity index (χ0n) is 12.2. The maximum absolute atomic E-state index is 11.9. The van der Waals surface area contributed by atoms with Gasteiger partial charge in [0.2, 0.25) is 5.91 Å². The Kier molecular flexibility index (Phi) is 7.23. The van der Waals surface area contributed by atoms with Crippen LogP contribution in [0.25, 0.3) is 0 Å². The largest absolute Gasteiger partial charge is 0.392 e. The summed E-state index contributed by atoms with van der Waals surface area (Å²) in [5, 5.41) is 16.3. The Labute approximate surface area is 127 Å². The van der Waals surface area contributed by atoms with E-state index >= 15 is 0 Å². The highest BCUT2D eigenvalue weighted by molar-refractivity contribution is 5.85. The van der Waals surface area contributed by atoms with Crippen molar-refractivity contribution in [3.05, 3.63) is 0 Å². The van der Waals surface area contributed by atoms with Crippen LogP contribution in [-0.2, 0) is 9.53 Å². The van der Waals surface area contributed by atoms with Crippen LogP contribution in [0.3, 0.4) is 0 Å². The molecule has 3 unspecified atom stereocenters. The van der Waals surface area contributed by atoms with Crippen molar-refractivity contribution in [2.45, 2.75) is 51.2 Å². The molecule has 0 aromatic carbocycles. The van der Waals surface area contributed by atoms with Gasteiger partial charge in [0, 0.05) is 31.0 Å². The molecule has 1 aliphatic heterocycles. The van der Waals surface area contributed by atoms with E-state index in [1.807, 2.05) is 0 Å². The molecule has 6 heteroatoms. The second-order valence-electron chi connectivity index (χ2n) is 6.12. The second-order valence-corrected chi connectivity index (χ2v) is 6.12. The number of halogens is 1. The molecule has 2 fully saturated rings. The maximum atomic E-state index is 11.9. The number of morpholine rings is 1. The van der Waals surface area contributed by atoms with Crippen molar-refractivity contribution in [2.24, 2.45) is 5.41 Å².